The van der Waals surface area contributed by atoms with E-state index in [4.69, 9.17) is 0 Å². The molecular weight excluding hydrogens is 317 g/mol. The monoisotopic (exact) mass is 327 g/mol. The van der Waals surface area contributed by atoms with E-state index >= 15 is 0 Å². The standard InChI is InChI=1S/C4H10INO4S2/c1-11(7,8)4-12(9,10)6-3-2-5/h6H,2-4H2,1H3. The molecule has 0 aromatic heterocycles. The van der Waals surface area contributed by atoms with Gasteiger partial charge in [0.1, 0.15) is 0 Å². The van der Waals surface area contributed by atoms with E-state index in [0.29, 0.717) is 4.43 Å². The van der Waals surface area contributed by atoms with Crippen molar-refractivity contribution in [1.29, 1.82) is 0 Å². The zero-order valence-electron chi connectivity index (χ0n) is 6.45. The Bertz CT molecular complexity index is 319. The lowest BCUT2D eigenvalue weighted by molar-refractivity contribution is 0.583. The molecule has 0 amide bonds. The second-order valence-electron chi connectivity index (χ2n) is 2.24. The Morgan fingerprint density at radius 2 is 1.75 bits per heavy atom. The highest BCUT2D eigenvalue weighted by Crippen LogP contribution is 1.91. The minimum absolute atomic E-state index is 0.262. The van der Waals surface area contributed by atoms with E-state index in [1.807, 2.05) is 22.6 Å². The summed E-state index contributed by atoms with van der Waals surface area (Å²) in [7, 11) is -7.11. The molecule has 8 heteroatoms. The van der Waals surface area contributed by atoms with Gasteiger partial charge in [-0.2, -0.15) is 0 Å². The fourth-order valence-electron chi connectivity index (χ4n) is 0.518. The molecule has 0 spiro atoms. The largest absolute Gasteiger partial charge is 0.228 e. The summed E-state index contributed by atoms with van der Waals surface area (Å²) in [5.74, 6) is 0. The Balaban J connectivity index is 4.26. The summed E-state index contributed by atoms with van der Waals surface area (Å²) in [6, 6.07) is 0. The van der Waals surface area contributed by atoms with Crippen LogP contribution in [0.4, 0.5) is 0 Å². The molecule has 0 aromatic rings. The molecule has 0 bridgehead atoms. The number of hydrogen-bond donors (Lipinski definition) is 1. The Morgan fingerprint density at radius 1 is 1.25 bits per heavy atom. The maximum atomic E-state index is 10.9. The van der Waals surface area contributed by atoms with Crippen molar-refractivity contribution >= 4 is 42.5 Å². The van der Waals surface area contributed by atoms with Gasteiger partial charge in [0.15, 0.2) is 14.9 Å². The van der Waals surface area contributed by atoms with Crippen LogP contribution in [0.25, 0.3) is 0 Å². The predicted molar refractivity (Wildman–Crippen MR) is 55.5 cm³/mol. The summed E-state index contributed by atoms with van der Waals surface area (Å²) in [6.45, 7) is 0.262. The zero-order valence-corrected chi connectivity index (χ0v) is 10.2. The lowest BCUT2D eigenvalue weighted by atomic mass is 10.8. The number of halogens is 1. The van der Waals surface area contributed by atoms with Gasteiger partial charge >= 0.3 is 0 Å². The molecule has 0 aliphatic rings. The van der Waals surface area contributed by atoms with Crippen LogP contribution in [0.1, 0.15) is 0 Å². The van der Waals surface area contributed by atoms with Crippen LogP contribution in [0, 0.1) is 0 Å². The fourth-order valence-corrected chi connectivity index (χ4v) is 4.15. The van der Waals surface area contributed by atoms with Gasteiger partial charge in [-0.15, -0.1) is 0 Å². The van der Waals surface area contributed by atoms with Gasteiger partial charge in [0.2, 0.25) is 10.0 Å². The third-order valence-corrected chi connectivity index (χ3v) is 4.92. The van der Waals surface area contributed by atoms with Crippen LogP contribution in [0.3, 0.4) is 0 Å². The van der Waals surface area contributed by atoms with Gasteiger partial charge in [-0.3, -0.25) is 0 Å². The van der Waals surface area contributed by atoms with E-state index in [1.165, 1.54) is 0 Å². The lowest BCUT2D eigenvalue weighted by Crippen LogP contribution is -2.30. The molecule has 5 nitrogen and oxygen atoms in total. The molecule has 74 valence electrons. The van der Waals surface area contributed by atoms with Crippen molar-refractivity contribution in [3.63, 3.8) is 0 Å². The highest BCUT2D eigenvalue weighted by atomic mass is 127. The second kappa shape index (κ2) is 4.72. The molecular formula is C4H10INO4S2. The average Bonchev–Trinajstić information content (AvgIpc) is 1.78. The number of sulfone groups is 1. The van der Waals surface area contributed by atoms with Crippen molar-refractivity contribution in [2.24, 2.45) is 0 Å². The zero-order chi connectivity index (χ0) is 9.83. The Labute approximate surface area is 86.0 Å². The van der Waals surface area contributed by atoms with Crippen molar-refractivity contribution in [2.75, 3.05) is 22.3 Å². The Morgan fingerprint density at radius 3 is 2.08 bits per heavy atom. The number of alkyl halides is 1. The van der Waals surface area contributed by atoms with Gasteiger partial charge in [0.25, 0.3) is 0 Å². The second-order valence-corrected chi connectivity index (χ2v) is 7.63. The third-order valence-electron chi connectivity index (χ3n) is 0.786. The number of sulfonamides is 1. The average molecular weight is 327 g/mol. The van der Waals surface area contributed by atoms with E-state index in [9.17, 15) is 16.8 Å². The van der Waals surface area contributed by atoms with E-state index in [2.05, 4.69) is 4.72 Å². The van der Waals surface area contributed by atoms with Crippen molar-refractivity contribution in [3.8, 4) is 0 Å². The highest BCUT2D eigenvalue weighted by Gasteiger charge is 2.16. The summed E-state index contributed by atoms with van der Waals surface area (Å²) in [6.07, 6.45) is 0.885. The number of nitrogens with one attached hydrogen (secondary N) is 1. The molecule has 0 aliphatic carbocycles. The summed E-state index contributed by atoms with van der Waals surface area (Å²) < 4.78 is 45.8. The van der Waals surface area contributed by atoms with Crippen LogP contribution in [-0.2, 0) is 19.9 Å². The lowest BCUT2D eigenvalue weighted by Gasteiger charge is -2.02. The molecule has 0 aliphatic heterocycles. The summed E-state index contributed by atoms with van der Waals surface area (Å²) >= 11 is 1.99. The first kappa shape index (κ1) is 12.6. The summed E-state index contributed by atoms with van der Waals surface area (Å²) in [4.78, 5) is 0. The molecule has 1 N–H and O–H groups in total. The smallest absolute Gasteiger partial charge is 0.226 e. The fraction of sp³-hybridized carbons (Fsp3) is 1.00. The van der Waals surface area contributed by atoms with Crippen LogP contribution >= 0.6 is 22.6 Å². The van der Waals surface area contributed by atoms with E-state index in [0.717, 1.165) is 6.26 Å². The highest BCUT2D eigenvalue weighted by molar-refractivity contribution is 14.1. The Hall–Kier alpha value is 0.590. The molecule has 0 atom stereocenters. The van der Waals surface area contributed by atoms with Gasteiger partial charge in [-0.05, 0) is 0 Å². The van der Waals surface area contributed by atoms with Crippen LogP contribution < -0.4 is 4.72 Å². The number of hydrogen-bond acceptors (Lipinski definition) is 4. The molecule has 0 radical (unpaired) electrons. The van der Waals surface area contributed by atoms with Crippen molar-refractivity contribution in [1.82, 2.24) is 4.72 Å². The van der Waals surface area contributed by atoms with Crippen molar-refractivity contribution < 1.29 is 16.8 Å². The SMILES string of the molecule is CS(=O)(=O)CS(=O)(=O)NCCI. The maximum absolute atomic E-state index is 10.9. The first-order valence-corrected chi connectivity index (χ1v) is 8.22. The third kappa shape index (κ3) is 7.25. The van der Waals surface area contributed by atoms with Crippen molar-refractivity contribution in [3.05, 3.63) is 0 Å². The van der Waals surface area contributed by atoms with Gasteiger partial charge in [0.05, 0.1) is 0 Å². The minimum atomic E-state index is -3.64. The van der Waals surface area contributed by atoms with E-state index in [-0.39, 0.29) is 6.54 Å². The van der Waals surface area contributed by atoms with Crippen LogP contribution in [0.2, 0.25) is 0 Å². The van der Waals surface area contributed by atoms with Gasteiger partial charge in [-0.25, -0.2) is 21.6 Å². The Kier molecular flexibility index (Phi) is 4.95. The summed E-state index contributed by atoms with van der Waals surface area (Å²) in [5, 5.41) is -0.837. The molecule has 0 fully saturated rings. The van der Waals surface area contributed by atoms with Gasteiger partial charge in [0, 0.05) is 17.2 Å². The molecule has 0 saturated carbocycles. The van der Waals surface area contributed by atoms with E-state index in [1.54, 1.807) is 0 Å². The van der Waals surface area contributed by atoms with Crippen LogP contribution in [-0.4, -0.2) is 39.1 Å². The molecule has 0 saturated heterocycles. The quantitative estimate of drug-likeness (QED) is 0.537. The van der Waals surface area contributed by atoms with Crippen molar-refractivity contribution in [2.45, 2.75) is 0 Å². The van der Waals surface area contributed by atoms with Crippen LogP contribution in [0.5, 0.6) is 0 Å². The molecule has 0 heterocycles. The summed E-state index contributed by atoms with van der Waals surface area (Å²) in [5.41, 5.74) is 0. The number of rotatable bonds is 5. The minimum Gasteiger partial charge on any atom is -0.228 e. The first-order valence-electron chi connectivity index (χ1n) is 2.98. The topological polar surface area (TPSA) is 80.3 Å². The molecule has 12 heavy (non-hydrogen) atoms. The molecule has 0 unspecified atom stereocenters. The van der Waals surface area contributed by atoms with Gasteiger partial charge in [-0.1, -0.05) is 22.6 Å². The molecule has 0 aromatic carbocycles. The normalized spacial score (nSPS) is 13.2. The first-order chi connectivity index (χ1) is 5.27. The van der Waals surface area contributed by atoms with Crippen LogP contribution in [0.15, 0.2) is 0 Å². The van der Waals surface area contributed by atoms with E-state index < -0.39 is 24.9 Å². The predicted octanol–water partition coefficient (Wildman–Crippen LogP) is -0.657. The molecule has 0 rings (SSSR count). The van der Waals surface area contributed by atoms with Gasteiger partial charge < -0.3 is 0 Å². The maximum Gasteiger partial charge on any atom is 0.226 e.